The van der Waals surface area contributed by atoms with E-state index in [1.165, 1.54) is 24.7 Å². The number of rotatable bonds is 2. The fraction of sp³-hybridized carbons (Fsp3) is 0.375. The van der Waals surface area contributed by atoms with Crippen LogP contribution in [0, 0.1) is 0 Å². The average molecular weight is 166 g/mol. The Balaban J connectivity index is 3.31. The largest absolute Gasteiger partial charge is 0.294 e. The summed E-state index contributed by atoms with van der Waals surface area (Å²) in [5.74, 6) is -0.270. The van der Waals surface area contributed by atoms with Crippen LogP contribution in [0.3, 0.4) is 0 Å². The molecule has 0 saturated carbocycles. The molecular weight excluding hydrogens is 156 g/mol. The van der Waals surface area contributed by atoms with Gasteiger partial charge >= 0.3 is 0 Å². The van der Waals surface area contributed by atoms with E-state index in [2.05, 4.69) is 5.10 Å². The maximum absolute atomic E-state index is 11.0. The first kappa shape index (κ1) is 8.64. The molecule has 4 nitrogen and oxygen atoms in total. The lowest BCUT2D eigenvalue weighted by Crippen LogP contribution is -2.07. The number of nitrogens with zero attached hydrogens (tertiary/aromatic N) is 2. The molecule has 1 rings (SSSR count). The van der Waals surface area contributed by atoms with Gasteiger partial charge in [-0.05, 0) is 6.92 Å². The summed E-state index contributed by atoms with van der Waals surface area (Å²) in [6.07, 6.45) is 1.42. The van der Waals surface area contributed by atoms with E-state index in [4.69, 9.17) is 0 Å². The third-order valence-electron chi connectivity index (χ3n) is 1.65. The van der Waals surface area contributed by atoms with Crippen molar-refractivity contribution in [2.75, 3.05) is 0 Å². The highest BCUT2D eigenvalue weighted by Crippen LogP contribution is 2.08. The van der Waals surface area contributed by atoms with Crippen LogP contribution in [-0.4, -0.2) is 21.3 Å². The van der Waals surface area contributed by atoms with Crippen LogP contribution >= 0.6 is 0 Å². The van der Waals surface area contributed by atoms with E-state index >= 15 is 0 Å². The van der Waals surface area contributed by atoms with Gasteiger partial charge < -0.3 is 0 Å². The lowest BCUT2D eigenvalue weighted by atomic mass is 10.1. The monoisotopic (exact) mass is 166 g/mol. The van der Waals surface area contributed by atoms with E-state index in [9.17, 15) is 9.59 Å². The van der Waals surface area contributed by atoms with Crippen LogP contribution in [0.5, 0.6) is 0 Å². The third-order valence-corrected chi connectivity index (χ3v) is 1.65. The highest BCUT2D eigenvalue weighted by molar-refractivity contribution is 6.05. The molecule has 0 aliphatic carbocycles. The fourth-order valence-electron chi connectivity index (χ4n) is 1.11. The third kappa shape index (κ3) is 1.28. The maximum Gasteiger partial charge on any atom is 0.178 e. The molecule has 0 unspecified atom stereocenters. The maximum atomic E-state index is 11.0. The van der Waals surface area contributed by atoms with Crippen LogP contribution in [0.1, 0.15) is 34.7 Å². The number of Topliss-reactive ketones (excluding diaryl/α,β-unsaturated/α-hetero) is 2. The molecule has 0 radical (unpaired) electrons. The second kappa shape index (κ2) is 2.89. The summed E-state index contributed by atoms with van der Waals surface area (Å²) in [6, 6.07) is 0. The molecule has 12 heavy (non-hydrogen) atoms. The Hall–Kier alpha value is -1.45. The van der Waals surface area contributed by atoms with Crippen molar-refractivity contribution < 1.29 is 9.59 Å². The molecule has 1 heterocycles. The molecule has 0 amide bonds. The Labute approximate surface area is 70.2 Å². The van der Waals surface area contributed by atoms with Crippen LogP contribution in [0.25, 0.3) is 0 Å². The van der Waals surface area contributed by atoms with Crippen molar-refractivity contribution in [3.8, 4) is 0 Å². The van der Waals surface area contributed by atoms with Gasteiger partial charge in [-0.25, -0.2) is 0 Å². The van der Waals surface area contributed by atoms with Gasteiger partial charge in [0.05, 0.1) is 11.8 Å². The van der Waals surface area contributed by atoms with Gasteiger partial charge in [0.2, 0.25) is 0 Å². The Morgan fingerprint density at radius 3 is 2.25 bits per heavy atom. The van der Waals surface area contributed by atoms with Gasteiger partial charge in [-0.1, -0.05) is 0 Å². The Bertz CT molecular complexity index is 339. The molecule has 64 valence electrons. The van der Waals surface area contributed by atoms with E-state index in [0.29, 0.717) is 11.3 Å². The van der Waals surface area contributed by atoms with Crippen molar-refractivity contribution in [3.63, 3.8) is 0 Å². The summed E-state index contributed by atoms with van der Waals surface area (Å²) in [5.41, 5.74) is 0.771. The molecule has 0 fully saturated rings. The van der Waals surface area contributed by atoms with Crippen molar-refractivity contribution in [3.05, 3.63) is 17.5 Å². The SMILES string of the molecule is CC(=O)c1cnn(C)c1C(C)=O. The Morgan fingerprint density at radius 2 is 1.92 bits per heavy atom. The van der Waals surface area contributed by atoms with Gasteiger partial charge in [-0.15, -0.1) is 0 Å². The minimum Gasteiger partial charge on any atom is -0.294 e. The van der Waals surface area contributed by atoms with Gasteiger partial charge in [0.15, 0.2) is 11.6 Å². The first-order chi connectivity index (χ1) is 5.54. The summed E-state index contributed by atoms with van der Waals surface area (Å²) in [7, 11) is 1.64. The van der Waals surface area contributed by atoms with Crippen molar-refractivity contribution in [1.82, 2.24) is 9.78 Å². The predicted molar refractivity (Wildman–Crippen MR) is 43.2 cm³/mol. The molecular formula is C8H10N2O2. The van der Waals surface area contributed by atoms with Gasteiger partial charge in [-0.2, -0.15) is 5.10 Å². The highest BCUT2D eigenvalue weighted by atomic mass is 16.1. The smallest absolute Gasteiger partial charge is 0.178 e. The van der Waals surface area contributed by atoms with Crippen molar-refractivity contribution in [2.45, 2.75) is 13.8 Å². The first-order valence-corrected chi connectivity index (χ1v) is 3.58. The number of hydrogen-bond acceptors (Lipinski definition) is 3. The van der Waals surface area contributed by atoms with Gasteiger partial charge in [0.25, 0.3) is 0 Å². The molecule has 0 N–H and O–H groups in total. The van der Waals surface area contributed by atoms with Crippen LogP contribution in [-0.2, 0) is 7.05 Å². The standard InChI is InChI=1S/C8H10N2O2/c1-5(11)7-4-9-10(3)8(7)6(2)12/h4H,1-3H3. The Morgan fingerprint density at radius 1 is 1.33 bits per heavy atom. The lowest BCUT2D eigenvalue weighted by Gasteiger charge is -1.97. The zero-order valence-corrected chi connectivity index (χ0v) is 7.29. The van der Waals surface area contributed by atoms with Crippen LogP contribution in [0.4, 0.5) is 0 Å². The van der Waals surface area contributed by atoms with Crippen LogP contribution < -0.4 is 0 Å². The Kier molecular flexibility index (Phi) is 2.08. The number of ketones is 2. The molecule has 0 bridgehead atoms. The predicted octanol–water partition coefficient (Wildman–Crippen LogP) is 0.825. The minimum atomic E-state index is -0.139. The minimum absolute atomic E-state index is 0.131. The summed E-state index contributed by atoms with van der Waals surface area (Å²) in [6.45, 7) is 2.84. The highest BCUT2D eigenvalue weighted by Gasteiger charge is 2.15. The number of aryl methyl sites for hydroxylation is 1. The molecule has 1 aromatic heterocycles. The van der Waals surface area contributed by atoms with E-state index in [-0.39, 0.29) is 11.6 Å². The molecule has 0 saturated heterocycles. The van der Waals surface area contributed by atoms with Crippen molar-refractivity contribution in [2.24, 2.45) is 7.05 Å². The van der Waals surface area contributed by atoms with Crippen molar-refractivity contribution in [1.29, 1.82) is 0 Å². The number of carbonyl (C=O) groups excluding carboxylic acids is 2. The summed E-state index contributed by atoms with van der Waals surface area (Å²) in [4.78, 5) is 22.0. The molecule has 0 aliphatic rings. The van der Waals surface area contributed by atoms with Gasteiger partial charge in [-0.3, -0.25) is 14.3 Å². The molecule has 0 aliphatic heterocycles. The van der Waals surface area contributed by atoms with E-state index in [1.807, 2.05) is 0 Å². The molecule has 0 atom stereocenters. The molecule has 4 heteroatoms. The summed E-state index contributed by atoms with van der Waals surface area (Å²) >= 11 is 0. The number of aromatic nitrogens is 2. The van der Waals surface area contributed by atoms with Gasteiger partial charge in [0, 0.05) is 14.0 Å². The van der Waals surface area contributed by atoms with E-state index in [0.717, 1.165) is 0 Å². The number of hydrogen-bond donors (Lipinski definition) is 0. The van der Waals surface area contributed by atoms with E-state index in [1.54, 1.807) is 7.05 Å². The van der Waals surface area contributed by atoms with E-state index < -0.39 is 0 Å². The molecule has 1 aromatic rings. The summed E-state index contributed by atoms with van der Waals surface area (Å²) < 4.78 is 1.42. The normalized spacial score (nSPS) is 9.92. The van der Waals surface area contributed by atoms with Gasteiger partial charge in [0.1, 0.15) is 5.69 Å². The quantitative estimate of drug-likeness (QED) is 0.611. The zero-order valence-electron chi connectivity index (χ0n) is 7.29. The number of carbonyl (C=O) groups is 2. The zero-order chi connectivity index (χ0) is 9.30. The van der Waals surface area contributed by atoms with Crippen molar-refractivity contribution >= 4 is 11.6 Å². The second-order valence-electron chi connectivity index (χ2n) is 2.64. The topological polar surface area (TPSA) is 52.0 Å². The lowest BCUT2D eigenvalue weighted by molar-refractivity contribution is 0.0975. The second-order valence-corrected chi connectivity index (χ2v) is 2.64. The molecule has 0 aromatic carbocycles. The summed E-state index contributed by atoms with van der Waals surface area (Å²) in [5, 5.41) is 3.83. The average Bonchev–Trinajstić information content (AvgIpc) is 2.30. The van der Waals surface area contributed by atoms with Crippen LogP contribution in [0.15, 0.2) is 6.20 Å². The molecule has 0 spiro atoms. The first-order valence-electron chi connectivity index (χ1n) is 3.58. The fourth-order valence-corrected chi connectivity index (χ4v) is 1.11. The van der Waals surface area contributed by atoms with Crippen LogP contribution in [0.2, 0.25) is 0 Å².